The van der Waals surface area contributed by atoms with E-state index in [1.807, 2.05) is 26.0 Å². The number of nitrogens with one attached hydrogen (secondary N) is 1. The van der Waals surface area contributed by atoms with Gasteiger partial charge in [-0.15, -0.1) is 0 Å². The normalized spacial score (nSPS) is 10.6. The molecule has 106 valence electrons. The van der Waals surface area contributed by atoms with E-state index in [0.717, 1.165) is 25.2 Å². The summed E-state index contributed by atoms with van der Waals surface area (Å²) in [6.45, 7) is 1.80. The fourth-order valence-corrected chi connectivity index (χ4v) is 1.76. The van der Waals surface area contributed by atoms with Crippen LogP contribution in [0.2, 0.25) is 0 Å². The van der Waals surface area contributed by atoms with Crippen molar-refractivity contribution in [2.75, 3.05) is 44.6 Å². The number of nitro benzene ring substituents is 1. The van der Waals surface area contributed by atoms with E-state index in [2.05, 4.69) is 10.3 Å². The first-order chi connectivity index (χ1) is 8.93. The molecule has 0 spiro atoms. The first kappa shape index (κ1) is 15.2. The van der Waals surface area contributed by atoms with Crippen LogP contribution in [0.15, 0.2) is 18.2 Å². The lowest BCUT2D eigenvalue weighted by molar-refractivity contribution is -0.384. The summed E-state index contributed by atoms with van der Waals surface area (Å²) in [4.78, 5) is 14.5. The van der Waals surface area contributed by atoms with Gasteiger partial charge in [0.05, 0.1) is 10.6 Å². The second-order valence-electron chi connectivity index (χ2n) is 4.72. The highest BCUT2D eigenvalue weighted by molar-refractivity contribution is 5.63. The van der Waals surface area contributed by atoms with Gasteiger partial charge in [-0.2, -0.15) is 0 Å². The smallest absolute Gasteiger partial charge is 0.273 e. The molecule has 1 aromatic carbocycles. The molecule has 0 aliphatic heterocycles. The van der Waals surface area contributed by atoms with Crippen LogP contribution in [0.3, 0.4) is 0 Å². The highest BCUT2D eigenvalue weighted by Crippen LogP contribution is 2.26. The lowest BCUT2D eigenvalue weighted by Gasteiger charge is -2.21. The monoisotopic (exact) mass is 267 g/mol. The molecular formula is C12H21N5O2. The van der Waals surface area contributed by atoms with Crippen molar-refractivity contribution < 1.29 is 4.92 Å². The van der Waals surface area contributed by atoms with Crippen LogP contribution < -0.4 is 16.2 Å². The summed E-state index contributed by atoms with van der Waals surface area (Å²) in [5.41, 5.74) is 3.79. The zero-order valence-electron chi connectivity index (χ0n) is 11.6. The molecule has 0 aromatic heterocycles. The van der Waals surface area contributed by atoms with Gasteiger partial charge in [0.1, 0.15) is 0 Å². The van der Waals surface area contributed by atoms with Crippen molar-refractivity contribution in [1.29, 1.82) is 0 Å². The molecule has 19 heavy (non-hydrogen) atoms. The molecule has 0 atom stereocenters. The fraction of sp³-hybridized carbons (Fsp3) is 0.500. The Bertz CT molecular complexity index is 436. The molecule has 0 saturated heterocycles. The maximum absolute atomic E-state index is 10.9. The third kappa shape index (κ3) is 4.72. The van der Waals surface area contributed by atoms with Gasteiger partial charge in [0.15, 0.2) is 0 Å². The van der Waals surface area contributed by atoms with Gasteiger partial charge < -0.3 is 15.2 Å². The second kappa shape index (κ2) is 6.91. The van der Waals surface area contributed by atoms with Gasteiger partial charge in [-0.1, -0.05) is 0 Å². The van der Waals surface area contributed by atoms with Crippen LogP contribution in [-0.4, -0.2) is 44.1 Å². The van der Waals surface area contributed by atoms with Gasteiger partial charge >= 0.3 is 0 Å². The molecule has 0 amide bonds. The molecule has 0 bridgehead atoms. The fourth-order valence-electron chi connectivity index (χ4n) is 1.76. The van der Waals surface area contributed by atoms with E-state index in [1.165, 1.54) is 6.07 Å². The number of nitrogen functional groups attached to an aromatic ring is 1. The number of hydrogen-bond donors (Lipinski definition) is 2. The number of hydrazine groups is 1. The van der Waals surface area contributed by atoms with E-state index >= 15 is 0 Å². The Labute approximate surface area is 113 Å². The van der Waals surface area contributed by atoms with Crippen LogP contribution in [-0.2, 0) is 0 Å². The highest BCUT2D eigenvalue weighted by atomic mass is 16.6. The minimum atomic E-state index is -0.419. The van der Waals surface area contributed by atoms with E-state index in [9.17, 15) is 10.1 Å². The van der Waals surface area contributed by atoms with Crippen molar-refractivity contribution in [1.82, 2.24) is 4.90 Å². The van der Waals surface area contributed by atoms with Crippen molar-refractivity contribution in [2.45, 2.75) is 6.42 Å². The van der Waals surface area contributed by atoms with E-state index in [1.54, 1.807) is 12.1 Å². The van der Waals surface area contributed by atoms with Crippen molar-refractivity contribution in [3.05, 3.63) is 28.3 Å². The largest absolute Gasteiger partial charge is 0.374 e. The average Bonchev–Trinajstić information content (AvgIpc) is 2.37. The van der Waals surface area contributed by atoms with Crippen LogP contribution in [0.1, 0.15) is 6.42 Å². The Morgan fingerprint density at radius 3 is 2.47 bits per heavy atom. The summed E-state index contributed by atoms with van der Waals surface area (Å²) in [5, 5.41) is 10.9. The zero-order valence-corrected chi connectivity index (χ0v) is 11.6. The number of hydrogen-bond acceptors (Lipinski definition) is 6. The quantitative estimate of drug-likeness (QED) is 0.439. The number of anilines is 2. The molecular weight excluding hydrogens is 246 g/mol. The summed E-state index contributed by atoms with van der Waals surface area (Å²) in [5.74, 6) is 5.33. The second-order valence-corrected chi connectivity index (χ2v) is 4.72. The first-order valence-corrected chi connectivity index (χ1v) is 6.06. The average molecular weight is 267 g/mol. The van der Waals surface area contributed by atoms with Crippen molar-refractivity contribution in [3.8, 4) is 0 Å². The van der Waals surface area contributed by atoms with Gasteiger partial charge in [0, 0.05) is 31.4 Å². The maximum atomic E-state index is 10.9. The van der Waals surface area contributed by atoms with Gasteiger partial charge in [0.25, 0.3) is 5.69 Å². The molecule has 7 nitrogen and oxygen atoms in total. The van der Waals surface area contributed by atoms with Crippen LogP contribution >= 0.6 is 0 Å². The predicted molar refractivity (Wildman–Crippen MR) is 77.3 cm³/mol. The Morgan fingerprint density at radius 2 is 1.95 bits per heavy atom. The third-order valence-electron chi connectivity index (χ3n) is 2.82. The molecule has 0 radical (unpaired) electrons. The topological polar surface area (TPSA) is 87.7 Å². The molecule has 7 heteroatoms. The van der Waals surface area contributed by atoms with Gasteiger partial charge in [-0.05, 0) is 33.1 Å². The Kier molecular flexibility index (Phi) is 5.53. The summed E-state index contributed by atoms with van der Waals surface area (Å²) in [6.07, 6.45) is 0.984. The lowest BCUT2D eigenvalue weighted by Crippen LogP contribution is -2.23. The molecule has 1 rings (SSSR count). The Hall–Kier alpha value is -1.86. The van der Waals surface area contributed by atoms with E-state index in [4.69, 9.17) is 5.84 Å². The van der Waals surface area contributed by atoms with E-state index in [0.29, 0.717) is 5.69 Å². The first-order valence-electron chi connectivity index (χ1n) is 6.06. The summed E-state index contributed by atoms with van der Waals surface area (Å²) >= 11 is 0. The minimum Gasteiger partial charge on any atom is -0.374 e. The standard InChI is InChI=1S/C12H21N5O2/c1-15(2)5-4-6-16(3)11-7-10(14-13)8-12(9-11)17(18)19/h7-9,14H,4-6,13H2,1-3H3. The summed E-state index contributed by atoms with van der Waals surface area (Å²) in [7, 11) is 5.95. The van der Waals surface area contributed by atoms with Crippen molar-refractivity contribution in [3.63, 3.8) is 0 Å². The Balaban J connectivity index is 2.80. The molecule has 0 aliphatic rings. The van der Waals surface area contributed by atoms with Gasteiger partial charge in [-0.3, -0.25) is 16.0 Å². The molecule has 0 saturated carbocycles. The molecule has 0 heterocycles. The van der Waals surface area contributed by atoms with Crippen LogP contribution in [0.4, 0.5) is 17.1 Å². The highest BCUT2D eigenvalue weighted by Gasteiger charge is 2.11. The molecule has 1 aromatic rings. The molecule has 0 fully saturated rings. The number of non-ortho nitro benzene ring substituents is 1. The van der Waals surface area contributed by atoms with Crippen molar-refractivity contribution in [2.24, 2.45) is 5.84 Å². The van der Waals surface area contributed by atoms with Crippen LogP contribution in [0.5, 0.6) is 0 Å². The number of nitrogens with two attached hydrogens (primary N) is 1. The summed E-state index contributed by atoms with van der Waals surface area (Å²) < 4.78 is 0. The maximum Gasteiger partial charge on any atom is 0.273 e. The number of benzene rings is 1. The molecule has 0 unspecified atom stereocenters. The van der Waals surface area contributed by atoms with Crippen molar-refractivity contribution >= 4 is 17.1 Å². The van der Waals surface area contributed by atoms with Gasteiger partial charge in [-0.25, -0.2) is 0 Å². The number of nitro groups is 1. The lowest BCUT2D eigenvalue weighted by atomic mass is 10.2. The third-order valence-corrected chi connectivity index (χ3v) is 2.82. The molecule has 3 N–H and O–H groups in total. The molecule has 0 aliphatic carbocycles. The minimum absolute atomic E-state index is 0.0323. The van der Waals surface area contributed by atoms with Crippen LogP contribution in [0.25, 0.3) is 0 Å². The SMILES string of the molecule is CN(C)CCCN(C)c1cc(NN)cc([N+](=O)[O-])c1. The van der Waals surface area contributed by atoms with Crippen LogP contribution in [0, 0.1) is 10.1 Å². The van der Waals surface area contributed by atoms with E-state index in [-0.39, 0.29) is 5.69 Å². The number of rotatable bonds is 7. The number of nitrogens with zero attached hydrogens (tertiary/aromatic N) is 3. The Morgan fingerprint density at radius 1 is 1.26 bits per heavy atom. The summed E-state index contributed by atoms with van der Waals surface area (Å²) in [6, 6.07) is 4.76. The zero-order chi connectivity index (χ0) is 14.4. The predicted octanol–water partition coefficient (Wildman–Crippen LogP) is 1.27. The van der Waals surface area contributed by atoms with Gasteiger partial charge in [0.2, 0.25) is 0 Å². The van der Waals surface area contributed by atoms with E-state index < -0.39 is 4.92 Å².